The van der Waals surface area contributed by atoms with Crippen molar-refractivity contribution in [3.05, 3.63) is 16.9 Å². The lowest BCUT2D eigenvalue weighted by Crippen LogP contribution is -2.04. The van der Waals surface area contributed by atoms with Gasteiger partial charge in [0.05, 0.1) is 18.9 Å². The minimum atomic E-state index is -4.40. The molecule has 1 rings (SSSR count). The van der Waals surface area contributed by atoms with Crippen molar-refractivity contribution in [2.75, 3.05) is 7.11 Å². The van der Waals surface area contributed by atoms with E-state index in [0.29, 0.717) is 0 Å². The highest BCUT2D eigenvalue weighted by atomic mass is 35.7. The lowest BCUT2D eigenvalue weighted by atomic mass is 10.3. The third kappa shape index (κ3) is 2.53. The number of nitrogens with zero attached hydrogens (tertiary/aromatic N) is 1. The summed E-state index contributed by atoms with van der Waals surface area (Å²) < 4.78 is 52.2. The molecule has 4 nitrogen and oxygen atoms in total. The summed E-state index contributed by atoms with van der Waals surface area (Å²) in [7, 11) is 1.74. The first kappa shape index (κ1) is 13.4. The van der Waals surface area contributed by atoms with E-state index in [1.807, 2.05) is 0 Å². The first-order valence-electron chi connectivity index (χ1n) is 3.74. The average molecular weight is 292 g/mol. The van der Waals surface area contributed by atoms with E-state index >= 15 is 0 Å². The Morgan fingerprint density at radius 1 is 1.50 bits per heavy atom. The van der Waals surface area contributed by atoms with Gasteiger partial charge in [0.1, 0.15) is 10.0 Å². The Bertz CT molecular complexity index is 507. The highest BCUT2D eigenvalue weighted by Crippen LogP contribution is 2.38. The highest BCUT2D eigenvalue weighted by Gasteiger charge is 2.29. The molecule has 90 valence electrons. The van der Waals surface area contributed by atoms with Crippen LogP contribution in [0, 0.1) is 0 Å². The maximum atomic E-state index is 12.6. The van der Waals surface area contributed by atoms with E-state index in [-0.39, 0.29) is 5.75 Å². The van der Waals surface area contributed by atoms with Crippen LogP contribution in [0.25, 0.3) is 0 Å². The van der Waals surface area contributed by atoms with E-state index in [9.17, 15) is 17.2 Å². The quantitative estimate of drug-likeness (QED) is 0.634. The van der Waals surface area contributed by atoms with E-state index in [0.717, 1.165) is 13.3 Å². The largest absolute Gasteiger partial charge is 0.494 e. The van der Waals surface area contributed by atoms with Crippen LogP contribution in [-0.4, -0.2) is 20.5 Å². The number of rotatable bonds is 3. The molecule has 1 aromatic rings. The van der Waals surface area contributed by atoms with Crippen LogP contribution in [0.2, 0.25) is 5.15 Å². The van der Waals surface area contributed by atoms with Gasteiger partial charge in [-0.3, -0.25) is 0 Å². The van der Waals surface area contributed by atoms with Crippen LogP contribution in [0.15, 0.2) is 11.1 Å². The Balaban J connectivity index is 3.70. The third-order valence-corrected chi connectivity index (χ3v) is 3.34. The summed E-state index contributed by atoms with van der Waals surface area (Å²) in [5.41, 5.74) is -0.962. The van der Waals surface area contributed by atoms with Crippen LogP contribution in [0.3, 0.4) is 0 Å². The van der Waals surface area contributed by atoms with Gasteiger partial charge in [0, 0.05) is 10.7 Å². The molecule has 0 atom stereocenters. The molecule has 0 amide bonds. The van der Waals surface area contributed by atoms with Gasteiger partial charge in [0.25, 0.3) is 15.5 Å². The van der Waals surface area contributed by atoms with Gasteiger partial charge >= 0.3 is 0 Å². The molecule has 0 saturated heterocycles. The van der Waals surface area contributed by atoms with Gasteiger partial charge in [-0.2, -0.15) is 0 Å². The first-order chi connectivity index (χ1) is 7.29. The Hall–Kier alpha value is -0.660. The van der Waals surface area contributed by atoms with E-state index in [4.69, 9.17) is 22.3 Å². The van der Waals surface area contributed by atoms with E-state index < -0.39 is 31.1 Å². The molecule has 0 unspecified atom stereocenters. The van der Waals surface area contributed by atoms with Crippen molar-refractivity contribution in [3.8, 4) is 5.75 Å². The summed E-state index contributed by atoms with van der Waals surface area (Å²) in [6.45, 7) is 0. The zero-order valence-electron chi connectivity index (χ0n) is 7.75. The SMILES string of the molecule is COc1cnc(Cl)c(C(F)F)c1S(=O)(=O)Cl. The molecule has 0 saturated carbocycles. The molecule has 1 heterocycles. The maximum Gasteiger partial charge on any atom is 0.268 e. The topological polar surface area (TPSA) is 56.3 Å². The minimum Gasteiger partial charge on any atom is -0.494 e. The van der Waals surface area contributed by atoms with Crippen molar-refractivity contribution >= 4 is 31.3 Å². The van der Waals surface area contributed by atoms with Gasteiger partial charge in [-0.25, -0.2) is 22.2 Å². The van der Waals surface area contributed by atoms with Crippen LogP contribution in [0.4, 0.5) is 8.78 Å². The third-order valence-electron chi connectivity index (χ3n) is 1.67. The molecule has 0 radical (unpaired) electrons. The van der Waals surface area contributed by atoms with Crippen LogP contribution in [0.1, 0.15) is 12.0 Å². The molecule has 0 fully saturated rings. The number of aromatic nitrogens is 1. The molecule has 1 aromatic heterocycles. The smallest absolute Gasteiger partial charge is 0.268 e. The van der Waals surface area contributed by atoms with Crippen molar-refractivity contribution < 1.29 is 21.9 Å². The molecule has 0 aliphatic rings. The fourth-order valence-electron chi connectivity index (χ4n) is 1.06. The van der Waals surface area contributed by atoms with Crippen molar-refractivity contribution in [1.29, 1.82) is 0 Å². The lowest BCUT2D eigenvalue weighted by Gasteiger charge is -2.11. The molecular formula is C7H5Cl2F2NO3S. The molecule has 0 bridgehead atoms. The molecule has 0 spiro atoms. The molecule has 0 aliphatic carbocycles. The van der Waals surface area contributed by atoms with Gasteiger partial charge in [-0.1, -0.05) is 11.6 Å². The van der Waals surface area contributed by atoms with Crippen molar-refractivity contribution in [1.82, 2.24) is 4.98 Å². The summed E-state index contributed by atoms with van der Waals surface area (Å²) in [6.07, 6.45) is -2.22. The predicted molar refractivity (Wildman–Crippen MR) is 53.8 cm³/mol. The second kappa shape index (κ2) is 4.68. The number of methoxy groups -OCH3 is 1. The van der Waals surface area contributed by atoms with E-state index in [1.54, 1.807) is 0 Å². The Kier molecular flexibility index (Phi) is 3.92. The van der Waals surface area contributed by atoms with E-state index in [2.05, 4.69) is 9.72 Å². The standard InChI is InChI=1S/C7H5Cl2F2NO3S/c1-15-3-2-12-6(8)4(7(10)11)5(3)16(9,13)14/h2,7H,1H3. The molecule has 0 aliphatic heterocycles. The summed E-state index contributed by atoms with van der Waals surface area (Å²) in [6, 6.07) is 0. The minimum absolute atomic E-state index is 0.380. The molecule has 9 heteroatoms. The number of alkyl halides is 2. The molecular weight excluding hydrogens is 287 g/mol. The van der Waals surface area contributed by atoms with Gasteiger partial charge < -0.3 is 4.74 Å². The summed E-state index contributed by atoms with van der Waals surface area (Å²) in [4.78, 5) is 2.53. The molecule has 0 N–H and O–H groups in total. The van der Waals surface area contributed by atoms with E-state index in [1.165, 1.54) is 0 Å². The number of halogens is 4. The summed E-state index contributed by atoms with van der Waals surface area (Å²) in [5.74, 6) is -0.380. The average Bonchev–Trinajstić information content (AvgIpc) is 2.15. The summed E-state index contributed by atoms with van der Waals surface area (Å²) >= 11 is 5.39. The lowest BCUT2D eigenvalue weighted by molar-refractivity contribution is 0.146. The Morgan fingerprint density at radius 2 is 2.06 bits per heavy atom. The fraction of sp³-hybridized carbons (Fsp3) is 0.286. The number of hydrogen-bond acceptors (Lipinski definition) is 4. The summed E-state index contributed by atoms with van der Waals surface area (Å²) in [5, 5.41) is -0.630. The van der Waals surface area contributed by atoms with Gasteiger partial charge in [0.15, 0.2) is 5.75 Å². The monoisotopic (exact) mass is 291 g/mol. The van der Waals surface area contributed by atoms with Crippen molar-refractivity contribution in [2.45, 2.75) is 11.3 Å². The second-order valence-electron chi connectivity index (χ2n) is 2.60. The molecule has 16 heavy (non-hydrogen) atoms. The molecule has 0 aromatic carbocycles. The highest BCUT2D eigenvalue weighted by molar-refractivity contribution is 8.13. The van der Waals surface area contributed by atoms with Crippen molar-refractivity contribution in [3.63, 3.8) is 0 Å². The number of pyridine rings is 1. The van der Waals surface area contributed by atoms with Gasteiger partial charge in [-0.05, 0) is 0 Å². The Labute approximate surface area is 99.6 Å². The zero-order valence-corrected chi connectivity index (χ0v) is 10.1. The maximum absolute atomic E-state index is 12.6. The Morgan fingerprint density at radius 3 is 2.44 bits per heavy atom. The van der Waals surface area contributed by atoms with Gasteiger partial charge in [-0.15, -0.1) is 0 Å². The van der Waals surface area contributed by atoms with Crippen LogP contribution < -0.4 is 4.74 Å². The fourth-order valence-corrected chi connectivity index (χ4v) is 2.64. The van der Waals surface area contributed by atoms with Crippen molar-refractivity contribution in [2.24, 2.45) is 0 Å². The van der Waals surface area contributed by atoms with Gasteiger partial charge in [0.2, 0.25) is 0 Å². The van der Waals surface area contributed by atoms with Crippen LogP contribution in [-0.2, 0) is 9.05 Å². The first-order valence-corrected chi connectivity index (χ1v) is 6.43. The van der Waals surface area contributed by atoms with Crippen LogP contribution in [0.5, 0.6) is 5.75 Å². The number of ether oxygens (including phenoxy) is 1. The zero-order chi connectivity index (χ0) is 12.5. The van der Waals surface area contributed by atoms with Crippen LogP contribution >= 0.6 is 22.3 Å². The number of hydrogen-bond donors (Lipinski definition) is 0. The predicted octanol–water partition coefficient (Wildman–Crippen LogP) is 2.61. The normalized spacial score (nSPS) is 11.9. The second-order valence-corrected chi connectivity index (χ2v) is 5.46.